The number of nitrogens with zero attached hydrogens (tertiary/aromatic N) is 2. The molecule has 88 valence electrons. The molecule has 0 atom stereocenters. The first-order chi connectivity index (χ1) is 8.08. The summed E-state index contributed by atoms with van der Waals surface area (Å²) < 4.78 is 2.21. The van der Waals surface area contributed by atoms with E-state index in [1.54, 1.807) is 16.9 Å². The van der Waals surface area contributed by atoms with E-state index in [4.69, 9.17) is 16.7 Å². The number of rotatable bonds is 3. The summed E-state index contributed by atoms with van der Waals surface area (Å²) in [6.45, 7) is 0. The van der Waals surface area contributed by atoms with Gasteiger partial charge in [-0.15, -0.1) is 0 Å². The third kappa shape index (κ3) is 2.68. The van der Waals surface area contributed by atoms with Gasteiger partial charge in [0, 0.05) is 6.20 Å². The molecule has 1 aromatic heterocycles. The Labute approximate surface area is 111 Å². The van der Waals surface area contributed by atoms with Gasteiger partial charge in [-0.2, -0.15) is 5.10 Å². The average Bonchev–Trinajstić information content (AvgIpc) is 2.60. The number of para-hydroxylation sites is 1. The zero-order valence-corrected chi connectivity index (χ0v) is 10.9. The number of hydrogen-bond donors (Lipinski definition) is 1. The quantitative estimate of drug-likeness (QED) is 0.947. The molecule has 0 spiro atoms. The second-order valence-corrected chi connectivity index (χ2v) is 4.65. The van der Waals surface area contributed by atoms with Gasteiger partial charge in [-0.1, -0.05) is 23.7 Å². The van der Waals surface area contributed by atoms with Gasteiger partial charge >= 0.3 is 5.97 Å². The molecule has 2 aromatic rings. The fourth-order valence-corrected chi connectivity index (χ4v) is 2.05. The Morgan fingerprint density at radius 3 is 2.82 bits per heavy atom. The highest BCUT2D eigenvalue weighted by molar-refractivity contribution is 9.10. The van der Waals surface area contributed by atoms with Gasteiger partial charge in [0.1, 0.15) is 0 Å². The van der Waals surface area contributed by atoms with Gasteiger partial charge in [0.2, 0.25) is 0 Å². The average molecular weight is 316 g/mol. The zero-order chi connectivity index (χ0) is 12.4. The molecular formula is C11H8BrClN2O2. The zero-order valence-electron chi connectivity index (χ0n) is 8.60. The molecule has 0 amide bonds. The lowest BCUT2D eigenvalue weighted by molar-refractivity contribution is -0.136. The van der Waals surface area contributed by atoms with E-state index in [1.165, 1.54) is 0 Å². The van der Waals surface area contributed by atoms with E-state index in [9.17, 15) is 4.79 Å². The second-order valence-electron chi connectivity index (χ2n) is 3.39. The van der Waals surface area contributed by atoms with Crippen LogP contribution < -0.4 is 0 Å². The molecule has 0 saturated carbocycles. The number of carbonyl (C=O) groups is 1. The van der Waals surface area contributed by atoms with E-state index in [-0.39, 0.29) is 6.42 Å². The molecule has 0 radical (unpaired) electrons. The number of aliphatic carboxylic acids is 1. The van der Waals surface area contributed by atoms with Crippen LogP contribution in [0.5, 0.6) is 0 Å². The van der Waals surface area contributed by atoms with E-state index in [1.807, 2.05) is 18.2 Å². The summed E-state index contributed by atoms with van der Waals surface area (Å²) in [5.41, 5.74) is 1.18. The van der Waals surface area contributed by atoms with E-state index in [0.717, 1.165) is 0 Å². The first-order valence-electron chi connectivity index (χ1n) is 4.78. The number of carboxylic acids is 1. The summed E-state index contributed by atoms with van der Waals surface area (Å²) in [5.74, 6) is -0.921. The van der Waals surface area contributed by atoms with E-state index in [0.29, 0.717) is 20.9 Å². The molecule has 0 saturated heterocycles. The van der Waals surface area contributed by atoms with E-state index < -0.39 is 5.97 Å². The maximum absolute atomic E-state index is 10.6. The van der Waals surface area contributed by atoms with E-state index >= 15 is 0 Å². The molecule has 17 heavy (non-hydrogen) atoms. The van der Waals surface area contributed by atoms with Crippen LogP contribution in [0.1, 0.15) is 5.69 Å². The smallest absolute Gasteiger partial charge is 0.309 e. The lowest BCUT2D eigenvalue weighted by Gasteiger charge is -2.02. The molecular weight excluding hydrogens is 307 g/mol. The van der Waals surface area contributed by atoms with Crippen molar-refractivity contribution in [2.45, 2.75) is 6.42 Å². The third-order valence-corrected chi connectivity index (χ3v) is 3.14. The summed E-state index contributed by atoms with van der Waals surface area (Å²) >= 11 is 9.31. The van der Waals surface area contributed by atoms with Crippen LogP contribution in [0, 0.1) is 0 Å². The van der Waals surface area contributed by atoms with Crippen molar-refractivity contribution in [1.82, 2.24) is 9.78 Å². The van der Waals surface area contributed by atoms with Gasteiger partial charge < -0.3 is 5.11 Å². The first kappa shape index (κ1) is 12.1. The first-order valence-corrected chi connectivity index (χ1v) is 5.96. The van der Waals surface area contributed by atoms with Crippen LogP contribution in [0.25, 0.3) is 5.69 Å². The van der Waals surface area contributed by atoms with Crippen LogP contribution in [0.15, 0.2) is 34.9 Å². The highest BCUT2D eigenvalue weighted by atomic mass is 79.9. The van der Waals surface area contributed by atoms with Gasteiger partial charge in [-0.3, -0.25) is 4.79 Å². The monoisotopic (exact) mass is 314 g/mol. The number of benzene rings is 1. The number of hydrogen-bond acceptors (Lipinski definition) is 2. The largest absolute Gasteiger partial charge is 0.481 e. The van der Waals surface area contributed by atoms with Gasteiger partial charge in [-0.25, -0.2) is 4.68 Å². The Balaban J connectivity index is 2.41. The van der Waals surface area contributed by atoms with Crippen LogP contribution in [-0.2, 0) is 11.2 Å². The minimum absolute atomic E-state index is 0.127. The fraction of sp³-hybridized carbons (Fsp3) is 0.0909. The van der Waals surface area contributed by atoms with Crippen molar-refractivity contribution < 1.29 is 9.90 Å². The molecule has 0 aliphatic heterocycles. The molecule has 1 aromatic carbocycles. The van der Waals surface area contributed by atoms with Gasteiger partial charge in [0.15, 0.2) is 0 Å². The maximum Gasteiger partial charge on any atom is 0.309 e. The highest BCUT2D eigenvalue weighted by Crippen LogP contribution is 2.23. The van der Waals surface area contributed by atoms with Crippen LogP contribution in [-0.4, -0.2) is 20.9 Å². The third-order valence-electron chi connectivity index (χ3n) is 2.16. The van der Waals surface area contributed by atoms with Crippen molar-refractivity contribution >= 4 is 33.5 Å². The van der Waals surface area contributed by atoms with Crippen molar-refractivity contribution in [3.05, 3.63) is 45.7 Å². The molecule has 6 heteroatoms. The van der Waals surface area contributed by atoms with Crippen molar-refractivity contribution in [2.24, 2.45) is 0 Å². The molecule has 0 aliphatic carbocycles. The molecule has 2 rings (SSSR count). The Morgan fingerprint density at radius 2 is 2.18 bits per heavy atom. The molecule has 1 heterocycles. The number of aromatic nitrogens is 2. The van der Waals surface area contributed by atoms with Crippen molar-refractivity contribution in [3.63, 3.8) is 0 Å². The van der Waals surface area contributed by atoms with E-state index in [2.05, 4.69) is 21.0 Å². The lowest BCUT2D eigenvalue weighted by atomic mass is 10.3. The summed E-state index contributed by atoms with van der Waals surface area (Å²) in [7, 11) is 0. The Hall–Kier alpha value is -1.33. The Kier molecular flexibility index (Phi) is 3.49. The van der Waals surface area contributed by atoms with Crippen LogP contribution >= 0.6 is 27.5 Å². The van der Waals surface area contributed by atoms with Crippen LogP contribution in [0.4, 0.5) is 0 Å². The number of carboxylic acid groups (broad SMARTS) is 1. The molecule has 0 aliphatic rings. The Bertz CT molecular complexity index is 568. The normalized spacial score (nSPS) is 10.5. The molecule has 0 unspecified atom stereocenters. The summed E-state index contributed by atoms with van der Waals surface area (Å²) in [5, 5.41) is 13.5. The molecule has 0 fully saturated rings. The summed E-state index contributed by atoms with van der Waals surface area (Å²) in [6.07, 6.45) is 1.57. The van der Waals surface area contributed by atoms with Gasteiger partial charge in [0.25, 0.3) is 0 Å². The van der Waals surface area contributed by atoms with Crippen LogP contribution in [0.3, 0.4) is 0 Å². The molecule has 0 bridgehead atoms. The van der Waals surface area contributed by atoms with Gasteiger partial charge in [0.05, 0.1) is 27.3 Å². The minimum atomic E-state index is -0.921. The lowest BCUT2D eigenvalue weighted by Crippen LogP contribution is -2.03. The predicted octanol–water partition coefficient (Wildman–Crippen LogP) is 2.92. The van der Waals surface area contributed by atoms with Crippen molar-refractivity contribution in [2.75, 3.05) is 0 Å². The Morgan fingerprint density at radius 1 is 1.47 bits per heavy atom. The summed E-state index contributed by atoms with van der Waals surface area (Å²) in [6, 6.07) is 7.23. The van der Waals surface area contributed by atoms with Gasteiger partial charge in [-0.05, 0) is 28.1 Å². The maximum atomic E-state index is 10.6. The van der Waals surface area contributed by atoms with Crippen molar-refractivity contribution in [3.8, 4) is 5.69 Å². The minimum Gasteiger partial charge on any atom is -0.481 e. The highest BCUT2D eigenvalue weighted by Gasteiger charge is 2.12. The standard InChI is InChI=1S/C11H8BrClN2O2/c12-7-6-15(14-9(7)5-11(16)17)10-4-2-1-3-8(10)13/h1-4,6H,5H2,(H,16,17). The van der Waals surface area contributed by atoms with Crippen LogP contribution in [0.2, 0.25) is 5.02 Å². The predicted molar refractivity (Wildman–Crippen MR) is 67.6 cm³/mol. The molecule has 4 nitrogen and oxygen atoms in total. The number of halogens is 2. The fourth-order valence-electron chi connectivity index (χ4n) is 1.41. The SMILES string of the molecule is O=C(O)Cc1nn(-c2ccccc2Cl)cc1Br. The topological polar surface area (TPSA) is 55.1 Å². The summed E-state index contributed by atoms with van der Waals surface area (Å²) in [4.78, 5) is 10.6. The molecule has 1 N–H and O–H groups in total. The van der Waals surface area contributed by atoms with Crippen molar-refractivity contribution in [1.29, 1.82) is 0 Å². The second kappa shape index (κ2) is 4.89.